The summed E-state index contributed by atoms with van der Waals surface area (Å²) in [7, 11) is 0. The number of piperidine rings is 1. The third kappa shape index (κ3) is 4.60. The van der Waals surface area contributed by atoms with E-state index in [1.807, 2.05) is 30.3 Å². The Bertz CT molecular complexity index is 976. The first-order valence-corrected chi connectivity index (χ1v) is 9.98. The van der Waals surface area contributed by atoms with Gasteiger partial charge in [-0.05, 0) is 37.5 Å². The van der Waals surface area contributed by atoms with Crippen molar-refractivity contribution < 1.29 is 18.5 Å². The summed E-state index contributed by atoms with van der Waals surface area (Å²) in [4.78, 5) is 27.2. The molecule has 0 unspecified atom stereocenters. The van der Waals surface area contributed by atoms with Crippen LogP contribution >= 0.6 is 0 Å². The summed E-state index contributed by atoms with van der Waals surface area (Å²) in [6.07, 6.45) is 2.99. The van der Waals surface area contributed by atoms with Gasteiger partial charge in [-0.2, -0.15) is 0 Å². The van der Waals surface area contributed by atoms with Crippen LogP contribution in [0.1, 0.15) is 40.8 Å². The lowest BCUT2D eigenvalue weighted by Crippen LogP contribution is -2.47. The fraction of sp³-hybridized carbons (Fsp3) is 0.318. The molecule has 0 saturated carbocycles. The number of anilines is 1. The number of carbonyl (C=O) groups excluding carboxylic acids is 2. The highest BCUT2D eigenvalue weighted by molar-refractivity contribution is 5.95. The van der Waals surface area contributed by atoms with Gasteiger partial charge < -0.3 is 19.2 Å². The number of amides is 2. The Labute approximate surface area is 174 Å². The number of furan rings is 1. The van der Waals surface area contributed by atoms with E-state index in [0.717, 1.165) is 18.4 Å². The highest BCUT2D eigenvalue weighted by Crippen LogP contribution is 2.21. The van der Waals surface area contributed by atoms with Gasteiger partial charge in [0.05, 0.1) is 6.26 Å². The number of hydrogen-bond acceptors (Lipinski definition) is 6. The molecular formula is C22H24N4O4. The zero-order valence-corrected chi connectivity index (χ0v) is 16.7. The van der Waals surface area contributed by atoms with E-state index in [-0.39, 0.29) is 17.9 Å². The maximum atomic E-state index is 13.0. The van der Waals surface area contributed by atoms with Gasteiger partial charge in [0.15, 0.2) is 11.6 Å². The van der Waals surface area contributed by atoms with E-state index in [4.69, 9.17) is 8.94 Å². The fourth-order valence-corrected chi connectivity index (χ4v) is 3.63. The molecule has 2 N–H and O–H groups in total. The van der Waals surface area contributed by atoms with E-state index in [1.54, 1.807) is 30.0 Å². The van der Waals surface area contributed by atoms with Crippen molar-refractivity contribution in [1.29, 1.82) is 0 Å². The normalized spacial score (nSPS) is 15.7. The molecule has 8 heteroatoms. The van der Waals surface area contributed by atoms with Crippen LogP contribution in [0.15, 0.2) is 63.7 Å². The third-order valence-electron chi connectivity index (χ3n) is 5.19. The smallest absolute Gasteiger partial charge is 0.289 e. The van der Waals surface area contributed by atoms with Crippen LogP contribution in [0.5, 0.6) is 0 Å². The molecule has 4 rings (SSSR count). The first kappa shape index (κ1) is 19.9. The highest BCUT2D eigenvalue weighted by Gasteiger charge is 2.29. The largest absolute Gasteiger partial charge is 0.459 e. The lowest BCUT2D eigenvalue weighted by molar-refractivity contribution is -0.118. The average Bonchev–Trinajstić information content (AvgIpc) is 3.44. The van der Waals surface area contributed by atoms with E-state index in [2.05, 4.69) is 15.8 Å². The van der Waals surface area contributed by atoms with Crippen molar-refractivity contribution in [2.45, 2.75) is 31.8 Å². The summed E-state index contributed by atoms with van der Waals surface area (Å²) >= 11 is 0. The van der Waals surface area contributed by atoms with Crippen molar-refractivity contribution in [1.82, 2.24) is 15.4 Å². The molecule has 3 aromatic rings. The summed E-state index contributed by atoms with van der Waals surface area (Å²) in [6.45, 7) is 2.97. The van der Waals surface area contributed by atoms with Crippen molar-refractivity contribution in [3.63, 3.8) is 0 Å². The maximum absolute atomic E-state index is 13.0. The molecule has 2 amide bonds. The van der Waals surface area contributed by atoms with Crippen LogP contribution in [-0.4, -0.2) is 41.0 Å². The molecule has 0 aliphatic carbocycles. The van der Waals surface area contributed by atoms with E-state index in [1.165, 1.54) is 6.26 Å². The van der Waals surface area contributed by atoms with E-state index in [0.29, 0.717) is 30.4 Å². The third-order valence-corrected chi connectivity index (χ3v) is 5.19. The Kier molecular flexibility index (Phi) is 5.94. The minimum Gasteiger partial charge on any atom is -0.459 e. The Balaban J connectivity index is 1.41. The van der Waals surface area contributed by atoms with Crippen molar-refractivity contribution >= 4 is 17.6 Å². The van der Waals surface area contributed by atoms with Crippen LogP contribution in [-0.2, 0) is 4.79 Å². The molecule has 156 valence electrons. The number of carbonyl (C=O) groups is 2. The quantitative estimate of drug-likeness (QED) is 0.650. The monoisotopic (exact) mass is 408 g/mol. The molecule has 1 aliphatic heterocycles. The Morgan fingerprint density at radius 2 is 1.90 bits per heavy atom. The molecule has 0 radical (unpaired) electrons. The van der Waals surface area contributed by atoms with Crippen LogP contribution in [0, 0.1) is 6.92 Å². The van der Waals surface area contributed by atoms with E-state index < -0.39 is 6.04 Å². The zero-order valence-electron chi connectivity index (χ0n) is 16.7. The number of likely N-dealkylation sites (tertiary alicyclic amines) is 1. The molecule has 1 aromatic carbocycles. The predicted molar refractivity (Wildman–Crippen MR) is 110 cm³/mol. The maximum Gasteiger partial charge on any atom is 0.289 e. The number of nitrogens with zero attached hydrogens (tertiary/aromatic N) is 2. The molecule has 1 atom stereocenters. The van der Waals surface area contributed by atoms with Gasteiger partial charge in [0.2, 0.25) is 5.91 Å². The standard InChI is InChI=1S/C22H24N4O4/c1-15-14-19(25-30-15)24-21(27)20(16-6-3-2-4-7-16)23-17-9-11-26(12-10-17)22(28)18-8-5-13-29-18/h2-8,13-14,17,20,23H,9-12H2,1H3,(H,24,25,27)/t20-/m1/s1. The molecule has 30 heavy (non-hydrogen) atoms. The van der Waals surface area contributed by atoms with Crippen LogP contribution in [0.25, 0.3) is 0 Å². The second kappa shape index (κ2) is 8.96. The minimum absolute atomic E-state index is 0.0978. The number of benzene rings is 1. The van der Waals surface area contributed by atoms with Crippen LogP contribution < -0.4 is 10.6 Å². The first-order chi connectivity index (χ1) is 14.6. The summed E-state index contributed by atoms with van der Waals surface area (Å²) in [6, 6.07) is 14.2. The number of rotatable bonds is 6. The molecule has 0 spiro atoms. The topological polar surface area (TPSA) is 101 Å². The van der Waals surface area contributed by atoms with Gasteiger partial charge in [-0.1, -0.05) is 35.5 Å². The SMILES string of the molecule is Cc1cc(NC(=O)[C@H](NC2CCN(C(=O)c3ccco3)CC2)c2ccccc2)no1. The summed E-state index contributed by atoms with van der Waals surface area (Å²) in [5.41, 5.74) is 0.865. The van der Waals surface area contributed by atoms with Gasteiger partial charge in [-0.15, -0.1) is 0 Å². The van der Waals surface area contributed by atoms with Gasteiger partial charge in [0.1, 0.15) is 11.8 Å². The van der Waals surface area contributed by atoms with E-state index in [9.17, 15) is 9.59 Å². The first-order valence-electron chi connectivity index (χ1n) is 9.98. The van der Waals surface area contributed by atoms with Gasteiger partial charge in [-0.25, -0.2) is 0 Å². The lowest BCUT2D eigenvalue weighted by atomic mass is 10.00. The molecule has 1 aliphatic rings. The van der Waals surface area contributed by atoms with Gasteiger partial charge in [0, 0.05) is 25.2 Å². The Hall–Kier alpha value is -3.39. The van der Waals surface area contributed by atoms with Gasteiger partial charge >= 0.3 is 0 Å². The second-order valence-electron chi connectivity index (χ2n) is 7.37. The number of aromatic nitrogens is 1. The van der Waals surface area contributed by atoms with Crippen molar-refractivity contribution in [3.8, 4) is 0 Å². The van der Waals surface area contributed by atoms with Crippen molar-refractivity contribution in [3.05, 3.63) is 71.9 Å². The second-order valence-corrected chi connectivity index (χ2v) is 7.37. The molecule has 2 aromatic heterocycles. The van der Waals surface area contributed by atoms with Crippen LogP contribution in [0.4, 0.5) is 5.82 Å². The number of aryl methyl sites for hydroxylation is 1. The fourth-order valence-electron chi connectivity index (χ4n) is 3.63. The number of hydrogen-bond donors (Lipinski definition) is 2. The molecular weight excluding hydrogens is 384 g/mol. The van der Waals surface area contributed by atoms with Crippen molar-refractivity contribution in [2.75, 3.05) is 18.4 Å². The summed E-state index contributed by atoms with van der Waals surface area (Å²) in [5, 5.41) is 10.1. The molecule has 0 bridgehead atoms. The van der Waals surface area contributed by atoms with Crippen LogP contribution in [0.2, 0.25) is 0 Å². The zero-order chi connectivity index (χ0) is 20.9. The minimum atomic E-state index is -0.541. The average molecular weight is 408 g/mol. The van der Waals surface area contributed by atoms with Crippen molar-refractivity contribution in [2.24, 2.45) is 0 Å². The predicted octanol–water partition coefficient (Wildman–Crippen LogP) is 3.15. The summed E-state index contributed by atoms with van der Waals surface area (Å²) in [5.74, 6) is 1.06. The number of nitrogens with one attached hydrogen (secondary N) is 2. The van der Waals surface area contributed by atoms with Crippen LogP contribution in [0.3, 0.4) is 0 Å². The highest BCUT2D eigenvalue weighted by atomic mass is 16.5. The Morgan fingerprint density at radius 3 is 2.53 bits per heavy atom. The molecule has 3 heterocycles. The van der Waals surface area contributed by atoms with Gasteiger partial charge in [-0.3, -0.25) is 14.9 Å². The Morgan fingerprint density at radius 1 is 1.13 bits per heavy atom. The van der Waals surface area contributed by atoms with Gasteiger partial charge in [0.25, 0.3) is 5.91 Å². The molecule has 1 fully saturated rings. The summed E-state index contributed by atoms with van der Waals surface area (Å²) < 4.78 is 10.2. The van der Waals surface area contributed by atoms with E-state index >= 15 is 0 Å². The molecule has 8 nitrogen and oxygen atoms in total. The lowest BCUT2D eigenvalue weighted by Gasteiger charge is -2.34. The molecule has 1 saturated heterocycles.